The molecule has 1 aliphatic rings. The number of rotatable bonds is 2. The molecule has 0 aromatic heterocycles. The summed E-state index contributed by atoms with van der Waals surface area (Å²) < 4.78 is 5.63. The number of hydrogen-bond acceptors (Lipinski definition) is 2. The molecular formula is C16H14Cl2O2. The molecule has 2 nitrogen and oxygen atoms in total. The molecule has 0 aliphatic carbocycles. The highest BCUT2D eigenvalue weighted by molar-refractivity contribution is 6.31. The number of fused-ring (bicyclic) bond motifs is 1. The summed E-state index contributed by atoms with van der Waals surface area (Å²) in [7, 11) is 0. The summed E-state index contributed by atoms with van der Waals surface area (Å²) in [5.41, 5.74) is 3.46. The maximum atomic E-state index is 10.6. The molecule has 1 atom stereocenters. The van der Waals surface area contributed by atoms with Crippen LogP contribution in [-0.2, 0) is 6.42 Å². The Morgan fingerprint density at radius 1 is 1.20 bits per heavy atom. The molecule has 2 aromatic carbocycles. The fraction of sp³-hybridized carbons (Fsp3) is 0.250. The highest BCUT2D eigenvalue weighted by Crippen LogP contribution is 2.39. The molecule has 1 unspecified atom stereocenters. The Hall–Kier alpha value is -1.22. The molecule has 1 N–H and O–H groups in total. The van der Waals surface area contributed by atoms with Crippen LogP contribution in [0.3, 0.4) is 0 Å². The van der Waals surface area contributed by atoms with E-state index in [-0.39, 0.29) is 0 Å². The molecule has 0 bridgehead atoms. The lowest BCUT2D eigenvalue weighted by atomic mass is 9.97. The number of benzene rings is 2. The van der Waals surface area contributed by atoms with Crippen LogP contribution in [0, 0.1) is 6.92 Å². The first-order valence-corrected chi connectivity index (χ1v) is 7.21. The van der Waals surface area contributed by atoms with Gasteiger partial charge in [-0.2, -0.15) is 0 Å². The van der Waals surface area contributed by atoms with E-state index in [1.54, 1.807) is 12.1 Å². The summed E-state index contributed by atoms with van der Waals surface area (Å²) in [6, 6.07) is 9.19. The van der Waals surface area contributed by atoms with Gasteiger partial charge in [-0.05, 0) is 41.8 Å². The highest BCUT2D eigenvalue weighted by Gasteiger charge is 2.23. The summed E-state index contributed by atoms with van der Waals surface area (Å²) in [5.74, 6) is 0.749. The number of hydrogen-bond donors (Lipinski definition) is 1. The van der Waals surface area contributed by atoms with Gasteiger partial charge in [0.2, 0.25) is 0 Å². The minimum absolute atomic E-state index is 0.613. The van der Waals surface area contributed by atoms with Gasteiger partial charge in [0.15, 0.2) is 0 Å². The van der Waals surface area contributed by atoms with Crippen molar-refractivity contribution in [1.29, 1.82) is 0 Å². The van der Waals surface area contributed by atoms with Crippen LogP contribution in [0.1, 0.15) is 28.4 Å². The molecule has 4 heteroatoms. The molecular weight excluding hydrogens is 295 g/mol. The molecule has 0 saturated carbocycles. The van der Waals surface area contributed by atoms with Crippen LogP contribution in [-0.4, -0.2) is 11.7 Å². The summed E-state index contributed by atoms with van der Waals surface area (Å²) >= 11 is 12.2. The van der Waals surface area contributed by atoms with Crippen molar-refractivity contribution >= 4 is 23.2 Å². The lowest BCUT2D eigenvalue weighted by Gasteiger charge is -2.16. The van der Waals surface area contributed by atoms with Gasteiger partial charge in [0.25, 0.3) is 0 Å². The van der Waals surface area contributed by atoms with Crippen molar-refractivity contribution in [1.82, 2.24) is 0 Å². The van der Waals surface area contributed by atoms with E-state index in [0.29, 0.717) is 22.2 Å². The molecule has 104 valence electrons. The van der Waals surface area contributed by atoms with Crippen LogP contribution >= 0.6 is 23.2 Å². The van der Waals surface area contributed by atoms with Gasteiger partial charge in [0.1, 0.15) is 11.9 Å². The Morgan fingerprint density at radius 3 is 2.75 bits per heavy atom. The molecule has 0 fully saturated rings. The molecule has 0 spiro atoms. The molecule has 0 amide bonds. The zero-order valence-corrected chi connectivity index (χ0v) is 12.5. The Labute approximate surface area is 127 Å². The first-order chi connectivity index (χ1) is 9.56. The third-order valence-electron chi connectivity index (χ3n) is 3.58. The van der Waals surface area contributed by atoms with Gasteiger partial charge in [-0.15, -0.1) is 0 Å². The van der Waals surface area contributed by atoms with E-state index in [2.05, 4.69) is 0 Å². The molecule has 1 heterocycles. The minimum Gasteiger partial charge on any atom is -0.493 e. The van der Waals surface area contributed by atoms with Crippen LogP contribution in [0.5, 0.6) is 5.75 Å². The average molecular weight is 309 g/mol. The Morgan fingerprint density at radius 2 is 2.00 bits per heavy atom. The van der Waals surface area contributed by atoms with Crippen LogP contribution in [0.2, 0.25) is 10.0 Å². The fourth-order valence-corrected chi connectivity index (χ4v) is 2.90. The summed E-state index contributed by atoms with van der Waals surface area (Å²) in [6.45, 7) is 2.56. The number of aryl methyl sites for hydroxylation is 1. The second-order valence-electron chi connectivity index (χ2n) is 4.99. The first-order valence-electron chi connectivity index (χ1n) is 6.45. The van der Waals surface area contributed by atoms with Gasteiger partial charge in [0, 0.05) is 22.0 Å². The molecule has 0 radical (unpaired) electrons. The van der Waals surface area contributed by atoms with Crippen LogP contribution in [0.15, 0.2) is 30.3 Å². The number of ether oxygens (including phenoxy) is 1. The van der Waals surface area contributed by atoms with Crippen molar-refractivity contribution in [2.24, 2.45) is 0 Å². The highest BCUT2D eigenvalue weighted by atomic mass is 35.5. The number of halogens is 2. The van der Waals surface area contributed by atoms with Gasteiger partial charge < -0.3 is 9.84 Å². The maximum absolute atomic E-state index is 10.6. The van der Waals surface area contributed by atoms with E-state index in [1.807, 2.05) is 25.1 Å². The lowest BCUT2D eigenvalue weighted by molar-refractivity contribution is 0.213. The largest absolute Gasteiger partial charge is 0.493 e. The van der Waals surface area contributed by atoms with Crippen molar-refractivity contribution in [3.05, 3.63) is 62.6 Å². The average Bonchev–Trinajstić information content (AvgIpc) is 2.88. The van der Waals surface area contributed by atoms with E-state index in [4.69, 9.17) is 27.9 Å². The summed E-state index contributed by atoms with van der Waals surface area (Å²) in [4.78, 5) is 0. The second kappa shape index (κ2) is 5.28. The predicted octanol–water partition coefficient (Wildman–Crippen LogP) is 4.32. The lowest BCUT2D eigenvalue weighted by Crippen LogP contribution is -2.02. The van der Waals surface area contributed by atoms with Gasteiger partial charge in [-0.1, -0.05) is 35.3 Å². The summed E-state index contributed by atoms with van der Waals surface area (Å²) in [6.07, 6.45) is 0.0308. The van der Waals surface area contributed by atoms with Crippen molar-refractivity contribution in [2.75, 3.05) is 6.61 Å². The second-order valence-corrected chi connectivity index (χ2v) is 5.84. The Kier molecular flexibility index (Phi) is 3.63. The van der Waals surface area contributed by atoms with Crippen LogP contribution in [0.25, 0.3) is 0 Å². The quantitative estimate of drug-likeness (QED) is 0.895. The first kappa shape index (κ1) is 13.7. The molecule has 0 saturated heterocycles. The molecule has 1 aliphatic heterocycles. The zero-order chi connectivity index (χ0) is 14.3. The van der Waals surface area contributed by atoms with E-state index < -0.39 is 6.10 Å². The van der Waals surface area contributed by atoms with Gasteiger partial charge in [-0.3, -0.25) is 0 Å². The van der Waals surface area contributed by atoms with Gasteiger partial charge >= 0.3 is 0 Å². The van der Waals surface area contributed by atoms with E-state index in [1.165, 1.54) is 0 Å². The van der Waals surface area contributed by atoms with Gasteiger partial charge in [-0.25, -0.2) is 0 Å². The zero-order valence-electron chi connectivity index (χ0n) is 11.0. The van der Waals surface area contributed by atoms with Crippen molar-refractivity contribution in [3.8, 4) is 5.75 Å². The number of aliphatic hydroxyl groups is 1. The number of aliphatic hydroxyl groups excluding tert-OH is 1. The van der Waals surface area contributed by atoms with Crippen molar-refractivity contribution < 1.29 is 9.84 Å². The minimum atomic E-state index is -0.793. The Bertz CT molecular complexity index is 668. The van der Waals surface area contributed by atoms with E-state index in [0.717, 1.165) is 28.9 Å². The normalized spacial score (nSPS) is 14.8. The molecule has 2 aromatic rings. The SMILES string of the molecule is Cc1ccc(C(O)c2cc(Cl)cc3c2OCC3)cc1Cl. The smallest absolute Gasteiger partial charge is 0.128 e. The van der Waals surface area contributed by atoms with Crippen LogP contribution in [0.4, 0.5) is 0 Å². The van der Waals surface area contributed by atoms with Crippen molar-refractivity contribution in [3.63, 3.8) is 0 Å². The fourth-order valence-electron chi connectivity index (χ4n) is 2.46. The van der Waals surface area contributed by atoms with Crippen molar-refractivity contribution in [2.45, 2.75) is 19.4 Å². The molecule has 3 rings (SSSR count). The summed E-state index contributed by atoms with van der Waals surface area (Å²) in [5, 5.41) is 11.9. The topological polar surface area (TPSA) is 29.5 Å². The molecule has 20 heavy (non-hydrogen) atoms. The maximum Gasteiger partial charge on any atom is 0.128 e. The predicted molar refractivity (Wildman–Crippen MR) is 80.9 cm³/mol. The van der Waals surface area contributed by atoms with E-state index >= 15 is 0 Å². The Balaban J connectivity index is 2.06. The monoisotopic (exact) mass is 308 g/mol. The van der Waals surface area contributed by atoms with E-state index in [9.17, 15) is 5.11 Å². The third kappa shape index (κ3) is 2.39. The third-order valence-corrected chi connectivity index (χ3v) is 4.21. The van der Waals surface area contributed by atoms with Gasteiger partial charge in [0.05, 0.1) is 6.61 Å². The standard InChI is InChI=1S/C16H14Cl2O2/c1-9-2-3-10(7-14(9)18)15(19)13-8-12(17)6-11-4-5-20-16(11)13/h2-3,6-8,15,19H,4-5H2,1H3. The van der Waals surface area contributed by atoms with Crippen LogP contribution < -0.4 is 4.74 Å².